The van der Waals surface area contributed by atoms with Crippen LogP contribution in [0.1, 0.15) is 22.4 Å². The summed E-state index contributed by atoms with van der Waals surface area (Å²) >= 11 is 7.23. The zero-order chi connectivity index (χ0) is 9.42. The van der Waals surface area contributed by atoms with Gasteiger partial charge in [0.25, 0.3) is 0 Å². The molecule has 0 aliphatic heterocycles. The van der Waals surface area contributed by atoms with Crippen LogP contribution in [0.25, 0.3) is 0 Å². The van der Waals surface area contributed by atoms with Gasteiger partial charge < -0.3 is 4.74 Å². The molecule has 2 rings (SSSR count). The number of ether oxygens (including phenoxy) is 1. The van der Waals surface area contributed by atoms with Gasteiger partial charge in [-0.3, -0.25) is 0 Å². The molecule has 0 saturated heterocycles. The number of benzene rings is 1. The Hall–Kier alpha value is -0.0200. The highest BCUT2D eigenvalue weighted by Gasteiger charge is 2.25. The van der Waals surface area contributed by atoms with E-state index in [1.807, 2.05) is 6.07 Å². The second-order valence-corrected chi connectivity index (χ2v) is 5.11. The van der Waals surface area contributed by atoms with Crippen molar-refractivity contribution in [1.82, 2.24) is 0 Å². The van der Waals surface area contributed by atoms with E-state index in [1.54, 1.807) is 7.11 Å². The molecule has 0 aromatic heterocycles. The normalized spacial score (nSPS) is 20.1. The van der Waals surface area contributed by atoms with E-state index in [1.165, 1.54) is 15.6 Å². The van der Waals surface area contributed by atoms with Gasteiger partial charge in [0.1, 0.15) is 5.75 Å². The summed E-state index contributed by atoms with van der Waals surface area (Å²) in [5, 5.41) is 0. The summed E-state index contributed by atoms with van der Waals surface area (Å²) in [6, 6.07) is 4.07. The number of alkyl halides is 1. The maximum absolute atomic E-state index is 5.32. The van der Waals surface area contributed by atoms with Gasteiger partial charge in [0.2, 0.25) is 0 Å². The number of halogens is 2. The predicted molar refractivity (Wildman–Crippen MR) is 60.7 cm³/mol. The molecule has 13 heavy (non-hydrogen) atoms. The Morgan fingerprint density at radius 2 is 2.23 bits per heavy atom. The number of methoxy groups -OCH3 is 1. The fourth-order valence-electron chi connectivity index (χ4n) is 1.82. The Balaban J connectivity index is 2.59. The minimum Gasteiger partial charge on any atom is -0.496 e. The molecule has 3 heteroatoms. The van der Waals surface area contributed by atoms with Crippen molar-refractivity contribution < 1.29 is 4.74 Å². The average Bonchev–Trinajstić information content (AvgIpc) is 2.50. The Morgan fingerprint density at radius 1 is 1.46 bits per heavy atom. The first kappa shape index (κ1) is 9.53. The van der Waals surface area contributed by atoms with E-state index in [0.717, 1.165) is 18.6 Å². The molecular formula is C10H10Br2O. The van der Waals surface area contributed by atoms with Crippen LogP contribution in [0, 0.1) is 0 Å². The molecule has 0 heterocycles. The van der Waals surface area contributed by atoms with Crippen LogP contribution >= 0.6 is 31.9 Å². The molecular weight excluding hydrogens is 296 g/mol. The van der Waals surface area contributed by atoms with Gasteiger partial charge in [0.05, 0.1) is 7.11 Å². The molecule has 0 fully saturated rings. The van der Waals surface area contributed by atoms with E-state index >= 15 is 0 Å². The van der Waals surface area contributed by atoms with Crippen LogP contribution in [-0.4, -0.2) is 7.11 Å². The summed E-state index contributed by atoms with van der Waals surface area (Å²) in [4.78, 5) is 0.479. The van der Waals surface area contributed by atoms with E-state index < -0.39 is 0 Å². The second-order valence-electron chi connectivity index (χ2n) is 3.15. The van der Waals surface area contributed by atoms with Gasteiger partial charge in [-0.2, -0.15) is 0 Å². The summed E-state index contributed by atoms with van der Waals surface area (Å²) in [6.45, 7) is 0. The lowest BCUT2D eigenvalue weighted by Crippen LogP contribution is -1.92. The third-order valence-electron chi connectivity index (χ3n) is 2.44. The highest BCUT2D eigenvalue weighted by molar-refractivity contribution is 9.11. The summed E-state index contributed by atoms with van der Waals surface area (Å²) in [5.41, 5.74) is 2.71. The first-order valence-corrected chi connectivity index (χ1v) is 5.94. The number of fused-ring (bicyclic) bond motifs is 1. The smallest absolute Gasteiger partial charge is 0.122 e. The SMILES string of the molecule is COc1ccc(Br)c2c1CCC2Br. The van der Waals surface area contributed by atoms with Crippen LogP contribution in [0.2, 0.25) is 0 Å². The van der Waals surface area contributed by atoms with Crippen molar-refractivity contribution in [1.29, 1.82) is 0 Å². The second kappa shape index (κ2) is 3.62. The number of hydrogen-bond acceptors (Lipinski definition) is 1. The number of rotatable bonds is 1. The van der Waals surface area contributed by atoms with E-state index in [4.69, 9.17) is 4.74 Å². The summed E-state index contributed by atoms with van der Waals surface area (Å²) in [7, 11) is 1.73. The fourth-order valence-corrected chi connectivity index (χ4v) is 3.53. The fraction of sp³-hybridized carbons (Fsp3) is 0.400. The van der Waals surface area contributed by atoms with E-state index in [0.29, 0.717) is 4.83 Å². The molecule has 1 unspecified atom stereocenters. The van der Waals surface area contributed by atoms with Crippen LogP contribution < -0.4 is 4.74 Å². The molecule has 0 N–H and O–H groups in total. The Labute approximate surface area is 94.7 Å². The molecule has 1 aliphatic carbocycles. The highest BCUT2D eigenvalue weighted by atomic mass is 79.9. The maximum atomic E-state index is 5.32. The average molecular weight is 306 g/mol. The lowest BCUT2D eigenvalue weighted by molar-refractivity contribution is 0.410. The third kappa shape index (κ3) is 1.52. The standard InChI is InChI=1S/C10H10Br2O/c1-13-9-5-4-8(12)10-6(9)2-3-7(10)11/h4-5,7H,2-3H2,1H3. The van der Waals surface area contributed by atoms with Gasteiger partial charge in [-0.05, 0) is 36.1 Å². The van der Waals surface area contributed by atoms with Crippen LogP contribution in [0.5, 0.6) is 5.75 Å². The number of hydrogen-bond donors (Lipinski definition) is 0. The summed E-state index contributed by atoms with van der Waals surface area (Å²) < 4.78 is 6.50. The van der Waals surface area contributed by atoms with Gasteiger partial charge in [-0.25, -0.2) is 0 Å². The lowest BCUT2D eigenvalue weighted by Gasteiger charge is -2.09. The summed E-state index contributed by atoms with van der Waals surface area (Å²) in [5.74, 6) is 1.01. The van der Waals surface area contributed by atoms with Crippen LogP contribution in [0.15, 0.2) is 16.6 Å². The van der Waals surface area contributed by atoms with Crippen molar-refractivity contribution in [2.75, 3.05) is 7.11 Å². The highest BCUT2D eigenvalue weighted by Crippen LogP contribution is 2.45. The molecule has 0 spiro atoms. The van der Waals surface area contributed by atoms with E-state index in [9.17, 15) is 0 Å². The topological polar surface area (TPSA) is 9.23 Å². The molecule has 1 aromatic rings. The molecule has 0 bridgehead atoms. The maximum Gasteiger partial charge on any atom is 0.122 e. The van der Waals surface area contributed by atoms with E-state index in [2.05, 4.69) is 37.9 Å². The first-order chi connectivity index (χ1) is 6.24. The molecule has 70 valence electrons. The zero-order valence-electron chi connectivity index (χ0n) is 7.31. The lowest BCUT2D eigenvalue weighted by atomic mass is 10.1. The third-order valence-corrected chi connectivity index (χ3v) is 4.05. The Morgan fingerprint density at radius 3 is 2.92 bits per heavy atom. The monoisotopic (exact) mass is 304 g/mol. The van der Waals surface area contributed by atoms with Crippen molar-refractivity contribution in [2.24, 2.45) is 0 Å². The van der Waals surface area contributed by atoms with Crippen LogP contribution in [-0.2, 0) is 6.42 Å². The van der Waals surface area contributed by atoms with Gasteiger partial charge in [-0.15, -0.1) is 0 Å². The van der Waals surface area contributed by atoms with Crippen molar-refractivity contribution in [3.05, 3.63) is 27.7 Å². The van der Waals surface area contributed by atoms with Crippen LogP contribution in [0.3, 0.4) is 0 Å². The van der Waals surface area contributed by atoms with Crippen LogP contribution in [0.4, 0.5) is 0 Å². The minimum atomic E-state index is 0.479. The van der Waals surface area contributed by atoms with Crippen molar-refractivity contribution in [3.8, 4) is 5.75 Å². The van der Waals surface area contributed by atoms with Crippen molar-refractivity contribution in [3.63, 3.8) is 0 Å². The van der Waals surface area contributed by atoms with Gasteiger partial charge >= 0.3 is 0 Å². The predicted octanol–water partition coefficient (Wildman–Crippen LogP) is 3.84. The molecule has 1 atom stereocenters. The quantitative estimate of drug-likeness (QED) is 0.716. The minimum absolute atomic E-state index is 0.479. The van der Waals surface area contributed by atoms with Crippen molar-refractivity contribution >= 4 is 31.9 Å². The molecule has 1 nitrogen and oxygen atoms in total. The van der Waals surface area contributed by atoms with Gasteiger partial charge in [-0.1, -0.05) is 31.9 Å². The molecule has 0 radical (unpaired) electrons. The Kier molecular flexibility index (Phi) is 2.65. The zero-order valence-corrected chi connectivity index (χ0v) is 10.5. The molecule has 0 amide bonds. The largest absolute Gasteiger partial charge is 0.496 e. The molecule has 0 saturated carbocycles. The molecule has 1 aliphatic rings. The molecule has 1 aromatic carbocycles. The van der Waals surface area contributed by atoms with Crippen molar-refractivity contribution in [2.45, 2.75) is 17.7 Å². The first-order valence-electron chi connectivity index (χ1n) is 4.23. The van der Waals surface area contributed by atoms with Gasteiger partial charge in [0, 0.05) is 9.30 Å². The Bertz CT molecular complexity index is 336. The van der Waals surface area contributed by atoms with E-state index in [-0.39, 0.29) is 0 Å². The van der Waals surface area contributed by atoms with Gasteiger partial charge in [0.15, 0.2) is 0 Å². The summed E-state index contributed by atoms with van der Waals surface area (Å²) in [6.07, 6.45) is 2.27.